The summed E-state index contributed by atoms with van der Waals surface area (Å²) in [6, 6.07) is 7.43. The molecule has 0 aliphatic carbocycles. The summed E-state index contributed by atoms with van der Waals surface area (Å²) in [4.78, 5) is 20.3. The van der Waals surface area contributed by atoms with Gasteiger partial charge in [-0.3, -0.25) is 4.99 Å². The minimum Gasteiger partial charge on any atom is -0.483 e. The van der Waals surface area contributed by atoms with Gasteiger partial charge in [-0.2, -0.15) is 0 Å². The predicted octanol–water partition coefficient (Wildman–Crippen LogP) is 5.65. The molecule has 1 saturated heterocycles. The number of hydrogen-bond donors (Lipinski definition) is 2. The highest BCUT2D eigenvalue weighted by Gasteiger charge is 2.29. The van der Waals surface area contributed by atoms with E-state index in [-0.39, 0.29) is 19.0 Å². The Morgan fingerprint density at radius 3 is 2.57 bits per heavy atom. The normalized spacial score (nSPS) is 16.5. The first-order chi connectivity index (χ1) is 17.0. The number of ether oxygens (including phenoxy) is 2. The maximum Gasteiger partial charge on any atom is 0.150 e. The first-order valence-electron chi connectivity index (χ1n) is 11.2. The highest BCUT2D eigenvalue weighted by molar-refractivity contribution is 6.36. The Morgan fingerprint density at radius 2 is 1.97 bits per heavy atom. The van der Waals surface area contributed by atoms with Crippen LogP contribution in [0.25, 0.3) is 10.9 Å². The maximum atomic E-state index is 13.8. The van der Waals surface area contributed by atoms with Gasteiger partial charge in [-0.25, -0.2) is 14.4 Å². The topological polar surface area (TPSA) is 106 Å². The third-order valence-electron chi connectivity index (χ3n) is 5.04. The summed E-state index contributed by atoms with van der Waals surface area (Å²) in [5.74, 6) is 0.174. The second-order valence-electron chi connectivity index (χ2n) is 7.58. The Bertz CT molecular complexity index is 1120. The van der Waals surface area contributed by atoms with E-state index in [1.54, 1.807) is 12.1 Å². The number of anilines is 2. The Morgan fingerprint density at radius 1 is 1.23 bits per heavy atom. The highest BCUT2D eigenvalue weighted by atomic mass is 35.5. The Labute approximate surface area is 209 Å². The number of unbranched alkanes of at least 4 members (excludes halogenated alkanes) is 2. The summed E-state index contributed by atoms with van der Waals surface area (Å²) < 4.78 is 24.8. The summed E-state index contributed by atoms with van der Waals surface area (Å²) in [7, 11) is 0. The minimum absolute atomic E-state index is 0.175. The lowest BCUT2D eigenvalue weighted by molar-refractivity contribution is -0.0980. The van der Waals surface area contributed by atoms with Crippen LogP contribution in [0.4, 0.5) is 21.6 Å². The van der Waals surface area contributed by atoms with E-state index in [1.807, 2.05) is 6.79 Å². The smallest absolute Gasteiger partial charge is 0.150 e. The first kappa shape index (κ1) is 28.1. The molecule has 2 heterocycles. The largest absolute Gasteiger partial charge is 0.483 e. The molecule has 2 N–H and O–H groups in total. The number of aliphatic imine (C=N–C) groups is 1. The van der Waals surface area contributed by atoms with Gasteiger partial charge in [-0.05, 0) is 31.0 Å². The summed E-state index contributed by atoms with van der Waals surface area (Å²) in [5.41, 5.74) is 1.63. The van der Waals surface area contributed by atoms with Crippen LogP contribution in [-0.4, -0.2) is 54.0 Å². The fraction of sp³-hybridized carbons (Fsp3) is 0.360. The average molecular weight is 505 g/mol. The SMILES string of the molecule is C=Nc1cc(Cl)c2c(Nc3ccc(F)cc3OC3COCC3O)ncnc2c1.C=O.CCCCC. The molecule has 0 radical (unpaired) electrons. The molecule has 2 unspecified atom stereocenters. The first-order valence-corrected chi connectivity index (χ1v) is 11.5. The molecule has 10 heteroatoms. The van der Waals surface area contributed by atoms with Crippen molar-refractivity contribution in [2.75, 3.05) is 18.5 Å². The van der Waals surface area contributed by atoms with Crippen LogP contribution in [0.2, 0.25) is 5.02 Å². The molecule has 8 nitrogen and oxygen atoms in total. The van der Waals surface area contributed by atoms with E-state index in [2.05, 4.69) is 40.8 Å². The van der Waals surface area contributed by atoms with Gasteiger partial charge in [0.25, 0.3) is 0 Å². The zero-order chi connectivity index (χ0) is 25.8. The number of halogens is 2. The van der Waals surface area contributed by atoms with Crippen LogP contribution < -0.4 is 10.1 Å². The van der Waals surface area contributed by atoms with Crippen LogP contribution in [0.3, 0.4) is 0 Å². The van der Waals surface area contributed by atoms with E-state index >= 15 is 0 Å². The molecular weight excluding hydrogens is 475 g/mol. The number of aliphatic hydroxyl groups excluding tert-OH is 1. The van der Waals surface area contributed by atoms with Crippen LogP contribution >= 0.6 is 11.6 Å². The van der Waals surface area contributed by atoms with Crippen LogP contribution in [0, 0.1) is 5.82 Å². The standard InChI is InChI=1S/C19H16ClFN4O3.C5H12.CH2O/c1-22-11-5-12(20)18-14(6-11)23-9-24-19(18)25-13-3-2-10(21)4-16(13)28-17-8-27-7-15(17)26;1-3-5-4-2;1-2/h2-6,9,15,17,26H,1,7-8H2,(H,23,24,25);3-5H2,1-2H3;1H2. The molecule has 2 aromatic carbocycles. The molecule has 1 aromatic heterocycles. The molecule has 0 saturated carbocycles. The molecule has 35 heavy (non-hydrogen) atoms. The van der Waals surface area contributed by atoms with Crippen molar-refractivity contribution in [2.24, 2.45) is 4.99 Å². The summed E-state index contributed by atoms with van der Waals surface area (Å²) >= 11 is 6.39. The fourth-order valence-electron chi connectivity index (χ4n) is 3.29. The van der Waals surface area contributed by atoms with E-state index in [1.165, 1.54) is 43.8 Å². The number of rotatable bonds is 7. The van der Waals surface area contributed by atoms with Crippen LogP contribution in [0.1, 0.15) is 33.1 Å². The predicted molar refractivity (Wildman–Crippen MR) is 137 cm³/mol. The zero-order valence-corrected chi connectivity index (χ0v) is 20.6. The van der Waals surface area contributed by atoms with Gasteiger partial charge in [0.15, 0.2) is 6.10 Å². The third-order valence-corrected chi connectivity index (χ3v) is 5.34. The zero-order valence-electron chi connectivity index (χ0n) is 19.8. The van der Waals surface area contributed by atoms with E-state index in [0.29, 0.717) is 33.1 Å². The number of benzene rings is 2. The number of hydrogen-bond acceptors (Lipinski definition) is 8. The summed E-state index contributed by atoms with van der Waals surface area (Å²) in [6.07, 6.45) is 4.09. The minimum atomic E-state index is -0.782. The third kappa shape index (κ3) is 7.68. The van der Waals surface area contributed by atoms with Crippen molar-refractivity contribution < 1.29 is 23.8 Å². The Balaban J connectivity index is 0.000000551. The molecule has 188 valence electrons. The van der Waals surface area contributed by atoms with Crippen LogP contribution in [0.5, 0.6) is 5.75 Å². The van der Waals surface area contributed by atoms with Crippen molar-refractivity contribution in [3.05, 3.63) is 47.5 Å². The molecule has 1 fully saturated rings. The number of nitrogens with zero attached hydrogens (tertiary/aromatic N) is 3. The fourth-order valence-corrected chi connectivity index (χ4v) is 3.59. The lowest BCUT2D eigenvalue weighted by atomic mass is 10.2. The lowest BCUT2D eigenvalue weighted by Crippen LogP contribution is -2.30. The summed E-state index contributed by atoms with van der Waals surface area (Å²) in [6.45, 7) is 10.3. The molecule has 0 amide bonds. The van der Waals surface area contributed by atoms with E-state index in [4.69, 9.17) is 25.9 Å². The van der Waals surface area contributed by atoms with E-state index in [9.17, 15) is 9.50 Å². The molecule has 3 aromatic rings. The maximum absolute atomic E-state index is 13.8. The van der Waals surface area contributed by atoms with Gasteiger partial charge in [-0.1, -0.05) is 44.7 Å². The average Bonchev–Trinajstić information content (AvgIpc) is 3.27. The number of fused-ring (bicyclic) bond motifs is 1. The molecular formula is C25H30ClFN4O4. The van der Waals surface area contributed by atoms with Crippen molar-refractivity contribution in [2.45, 2.75) is 45.3 Å². The van der Waals surface area contributed by atoms with Crippen molar-refractivity contribution in [3.8, 4) is 5.75 Å². The molecule has 4 rings (SSSR count). The lowest BCUT2D eigenvalue weighted by Gasteiger charge is -2.19. The van der Waals surface area contributed by atoms with Crippen LogP contribution in [0.15, 0.2) is 41.7 Å². The highest BCUT2D eigenvalue weighted by Crippen LogP contribution is 2.36. The molecule has 1 aliphatic rings. The number of aliphatic hydroxyl groups is 1. The number of carbonyl (C=O) groups is 1. The molecule has 1 aliphatic heterocycles. The quantitative estimate of drug-likeness (QED) is 0.400. The van der Waals surface area contributed by atoms with Crippen molar-refractivity contribution in [3.63, 3.8) is 0 Å². The monoisotopic (exact) mass is 504 g/mol. The molecule has 0 spiro atoms. The van der Waals surface area contributed by atoms with Gasteiger partial charge in [0.05, 0.1) is 40.5 Å². The van der Waals surface area contributed by atoms with E-state index < -0.39 is 18.0 Å². The van der Waals surface area contributed by atoms with Gasteiger partial charge >= 0.3 is 0 Å². The van der Waals surface area contributed by atoms with Gasteiger partial charge in [0, 0.05) is 6.07 Å². The van der Waals surface area contributed by atoms with Gasteiger partial charge in [0.2, 0.25) is 0 Å². The Kier molecular flexibility index (Phi) is 11.5. The second-order valence-corrected chi connectivity index (χ2v) is 7.99. The Hall–Kier alpha value is -3.14. The molecule has 2 atom stereocenters. The van der Waals surface area contributed by atoms with Crippen LogP contribution in [-0.2, 0) is 9.53 Å². The van der Waals surface area contributed by atoms with Gasteiger partial charge < -0.3 is 24.7 Å². The molecule has 0 bridgehead atoms. The van der Waals surface area contributed by atoms with Crippen molar-refractivity contribution in [1.82, 2.24) is 9.97 Å². The summed E-state index contributed by atoms with van der Waals surface area (Å²) in [5, 5.41) is 14.0. The number of aromatic nitrogens is 2. The van der Waals surface area contributed by atoms with Gasteiger partial charge in [-0.15, -0.1) is 0 Å². The van der Waals surface area contributed by atoms with E-state index in [0.717, 1.165) is 0 Å². The second kappa shape index (κ2) is 14.3. The van der Waals surface area contributed by atoms with Crippen molar-refractivity contribution >= 4 is 53.2 Å². The number of nitrogens with one attached hydrogen (secondary N) is 1. The number of carbonyl (C=O) groups excluding carboxylic acids is 1. The van der Waals surface area contributed by atoms with Crippen molar-refractivity contribution in [1.29, 1.82) is 0 Å². The van der Waals surface area contributed by atoms with Gasteiger partial charge in [0.1, 0.15) is 36.6 Å².